The van der Waals surface area contributed by atoms with Crippen LogP contribution in [0, 0.1) is 46.3 Å². The van der Waals surface area contributed by atoms with Crippen LogP contribution in [-0.2, 0) is 56.5 Å². The van der Waals surface area contributed by atoms with Crippen LogP contribution in [0.4, 0.5) is 8.78 Å². The van der Waals surface area contributed by atoms with Crippen molar-refractivity contribution in [3.05, 3.63) is 440 Å². The molecule has 0 aliphatic heterocycles. The lowest BCUT2D eigenvalue weighted by Crippen LogP contribution is -2.06. The van der Waals surface area contributed by atoms with Crippen molar-refractivity contribution >= 4 is 69.0 Å². The van der Waals surface area contributed by atoms with Gasteiger partial charge in [0.1, 0.15) is 34.4 Å². The van der Waals surface area contributed by atoms with E-state index in [4.69, 9.17) is 33.9 Å². The van der Waals surface area contributed by atoms with Crippen molar-refractivity contribution in [3.63, 3.8) is 0 Å². The molecule has 0 bridgehead atoms. The van der Waals surface area contributed by atoms with Gasteiger partial charge in [-0.1, -0.05) is 171 Å². The van der Waals surface area contributed by atoms with Gasteiger partial charge in [-0.15, -0.1) is 0 Å². The number of aromatic nitrogens is 16. The molecule has 32 heteroatoms. The second kappa shape index (κ2) is 46.1. The fourth-order valence-corrected chi connectivity index (χ4v) is 16.7. The third-order valence-electron chi connectivity index (χ3n) is 23.3. The van der Waals surface area contributed by atoms with Crippen molar-refractivity contribution in [2.24, 2.45) is 0 Å². The van der Waals surface area contributed by atoms with Gasteiger partial charge in [0.05, 0.1) is 67.9 Å². The standard InChI is InChI=1S/C25H25N3O2.C24H23N3O3.2C21H16FN3O2.C20H16N4O2.O2S/c1-3-4-8-18-13-20(26-22(14-18)25(29)30)15-21-23-12-11-17(2)16-28(23)27-24(21)19-9-6-5-7-10-19;1-16-9-10-22-20(23(26-27(22)15-16)18-7-3-2-4-8-18)14-19-12-17(6-5-11-28)13-21(25-19)24(29)30;1-13-8-9-19-17(11-16-6-3-7-18(23-16)21(26)27)20(24-25(19)12-13)14-4-2-5-15(22)10-14;1-13-9-10-19-16(11-14-5-4-8-18(23-14)21(26)27)20(24-25(19)12-13)15-6-2-3-7-17(15)22;1-13-7-8-18-16(9-15-10-21-11-17(22-15)20(25)26)19(23-24(18)12-13)14-5-3-2-4-6-14;1-3-2/h5-7,9-14,16H,3-4,8,15H2,1-2H3,(H,29,30);2-4,7-10,12-13,15,28H,5-6,11,14H2,1H3,(H,29,30);2*2-10,12H,11H2,1H3,(H,26,27);2-8,10-12H,9H2,1H3,(H,25,26);. The summed E-state index contributed by atoms with van der Waals surface area (Å²) in [5.74, 6) is -5.98. The average molecular weight is 1930 g/mol. The van der Waals surface area contributed by atoms with Gasteiger partial charge in [0.25, 0.3) is 0 Å². The van der Waals surface area contributed by atoms with Gasteiger partial charge in [-0.3, -0.25) is 4.98 Å². The van der Waals surface area contributed by atoms with E-state index in [1.807, 2.05) is 237 Å². The highest BCUT2D eigenvalue weighted by molar-refractivity contribution is 7.51. The normalized spacial score (nSPS) is 10.9. The number of benzene rings is 5. The number of halogens is 2. The minimum absolute atomic E-state index is 0.00729. The van der Waals surface area contributed by atoms with E-state index in [-0.39, 0.29) is 46.7 Å². The first kappa shape index (κ1) is 99.7. The Labute approximate surface area is 822 Å². The number of rotatable bonds is 26. The van der Waals surface area contributed by atoms with Crippen LogP contribution < -0.4 is 0 Å². The Morgan fingerprint density at radius 1 is 0.315 bits per heavy atom. The first-order chi connectivity index (χ1) is 69.2. The molecule has 0 spiro atoms. The highest BCUT2D eigenvalue weighted by atomic mass is 32.1. The molecule has 15 aromatic heterocycles. The van der Waals surface area contributed by atoms with Gasteiger partial charge in [-0.25, -0.2) is 80.3 Å². The maximum Gasteiger partial charge on any atom is 0.356 e. The van der Waals surface area contributed by atoms with Crippen LogP contribution in [-0.4, -0.2) is 153 Å². The number of carboxylic acids is 5. The summed E-state index contributed by atoms with van der Waals surface area (Å²) < 4.78 is 53.9. The molecule has 0 aliphatic carbocycles. The number of aromatic carboxylic acids is 5. The Morgan fingerprint density at radius 2 is 0.629 bits per heavy atom. The van der Waals surface area contributed by atoms with E-state index >= 15 is 0 Å². The first-order valence-corrected chi connectivity index (χ1v) is 46.3. The minimum atomic E-state index is -1.09. The number of carboxylic acid groups (broad SMARTS) is 5. The highest BCUT2D eigenvalue weighted by Gasteiger charge is 2.26. The Morgan fingerprint density at radius 3 is 0.993 bits per heavy atom. The number of aliphatic hydroxyl groups is 1. The van der Waals surface area contributed by atoms with Crippen LogP contribution in [0.15, 0.2) is 304 Å². The number of unbranched alkanes of at least 4 members (excludes halogenated alkanes) is 1. The molecule has 15 heterocycles. The third kappa shape index (κ3) is 24.7. The van der Waals surface area contributed by atoms with Crippen LogP contribution >= 0.6 is 0 Å². The van der Waals surface area contributed by atoms with E-state index in [1.165, 1.54) is 36.5 Å². The fraction of sp³-hybridized carbons (Fsp3) is 0.153. The largest absolute Gasteiger partial charge is 0.477 e. The van der Waals surface area contributed by atoms with E-state index in [0.29, 0.717) is 90.2 Å². The minimum Gasteiger partial charge on any atom is -0.477 e. The molecule has 20 aromatic rings. The number of pyridine rings is 9. The Kier molecular flexibility index (Phi) is 32.2. The summed E-state index contributed by atoms with van der Waals surface area (Å²) in [6.07, 6.45) is 18.9. The molecule has 5 aromatic carbocycles. The van der Waals surface area contributed by atoms with Gasteiger partial charge in [0.2, 0.25) is 0 Å². The lowest BCUT2D eigenvalue weighted by atomic mass is 10.00. The Balaban J connectivity index is 0.000000134. The zero-order chi connectivity index (χ0) is 101. The average Bonchev–Trinajstić information content (AvgIpc) is 1.65. The molecule has 718 valence electrons. The molecular formula is C111H96F2N16O13S. The summed E-state index contributed by atoms with van der Waals surface area (Å²) in [7, 11) is 0. The van der Waals surface area contributed by atoms with Crippen molar-refractivity contribution in [1.82, 2.24) is 78.0 Å². The number of hydrogen-bond donors (Lipinski definition) is 6. The molecule has 0 atom stereocenters. The predicted octanol–water partition coefficient (Wildman–Crippen LogP) is 20.2. The first-order valence-electron chi connectivity index (χ1n) is 45.6. The molecule has 0 radical (unpaired) electrons. The number of aliphatic hydroxyl groups excluding tert-OH is 1. The lowest BCUT2D eigenvalue weighted by molar-refractivity contribution is 0.0679. The number of fused-ring (bicyclic) bond motifs is 5. The van der Waals surface area contributed by atoms with E-state index in [2.05, 4.69) is 59.2 Å². The van der Waals surface area contributed by atoms with Crippen molar-refractivity contribution < 1.29 is 71.8 Å². The predicted molar refractivity (Wildman–Crippen MR) is 537 cm³/mol. The summed E-state index contributed by atoms with van der Waals surface area (Å²) >= 11 is -0.750. The SMILES string of the molecule is CCCCc1cc(Cc2c(-c3ccccc3)nn3cc(C)ccc23)nc(C(=O)O)c1.Cc1ccc2c(Cc3cc(CCCO)cc(C(=O)O)n3)c(-c3ccccc3)nn2c1.Cc1ccc2c(Cc3cccc(C(=O)O)n3)c(-c3cccc(F)c3)nn2c1.Cc1ccc2c(Cc3cccc(C(=O)O)n3)c(-c3ccccc3F)nn2c1.Cc1ccc2c(Cc3cncc(C(=O)O)n3)c(-c3ccccc3)nn2c1.O=S=O. The van der Waals surface area contributed by atoms with Gasteiger partial charge in [0.15, 0.2) is 5.69 Å². The zero-order valence-corrected chi connectivity index (χ0v) is 79.3. The number of nitrogens with zero attached hydrogens (tertiary/aromatic N) is 16. The molecule has 20 rings (SSSR count). The molecule has 0 unspecified atom stereocenters. The number of hydrogen-bond acceptors (Lipinski definition) is 19. The third-order valence-corrected chi connectivity index (χ3v) is 23.3. The lowest BCUT2D eigenvalue weighted by Gasteiger charge is -2.08. The van der Waals surface area contributed by atoms with Gasteiger partial charge in [0, 0.05) is 154 Å². The molecule has 0 amide bonds. The van der Waals surface area contributed by atoms with Crippen LogP contribution in [0.3, 0.4) is 0 Å². The van der Waals surface area contributed by atoms with Crippen LogP contribution in [0.25, 0.3) is 83.9 Å². The summed E-state index contributed by atoms with van der Waals surface area (Å²) in [5.41, 5.74) is 27.9. The second-order valence-corrected chi connectivity index (χ2v) is 34.1. The molecule has 0 saturated heterocycles. The number of aryl methyl sites for hydroxylation is 7. The Bertz CT molecular complexity index is 7940. The van der Waals surface area contributed by atoms with Crippen molar-refractivity contribution in [2.75, 3.05) is 6.61 Å². The van der Waals surface area contributed by atoms with E-state index in [1.54, 1.807) is 75.9 Å². The summed E-state index contributed by atoms with van der Waals surface area (Å²) in [6.45, 7) is 12.2. The molecule has 0 aliphatic rings. The molecule has 143 heavy (non-hydrogen) atoms. The van der Waals surface area contributed by atoms with E-state index in [9.17, 15) is 53.2 Å². The van der Waals surface area contributed by atoms with E-state index in [0.717, 1.165) is 153 Å². The monoisotopic (exact) mass is 1930 g/mol. The quantitative estimate of drug-likeness (QED) is 0.0293. The van der Waals surface area contributed by atoms with Gasteiger partial charge in [-0.2, -0.15) is 33.9 Å². The van der Waals surface area contributed by atoms with Crippen LogP contribution in [0.2, 0.25) is 0 Å². The smallest absolute Gasteiger partial charge is 0.356 e. The summed E-state index contributed by atoms with van der Waals surface area (Å²) in [5, 5.41) is 79.3. The van der Waals surface area contributed by atoms with Gasteiger partial charge >= 0.3 is 41.4 Å². The highest BCUT2D eigenvalue weighted by Crippen LogP contribution is 2.36. The van der Waals surface area contributed by atoms with Crippen molar-refractivity contribution in [1.29, 1.82) is 0 Å². The second-order valence-electron chi connectivity index (χ2n) is 33.9. The zero-order valence-electron chi connectivity index (χ0n) is 78.5. The maximum atomic E-state index is 14.4. The molecule has 0 saturated carbocycles. The van der Waals surface area contributed by atoms with Crippen molar-refractivity contribution in [2.45, 2.75) is 106 Å². The topological polar surface area (TPSA) is 405 Å². The van der Waals surface area contributed by atoms with Crippen LogP contribution in [0.1, 0.15) is 174 Å². The van der Waals surface area contributed by atoms with Crippen molar-refractivity contribution in [3.8, 4) is 56.3 Å². The van der Waals surface area contributed by atoms with E-state index < -0.39 is 41.4 Å². The molecular weight excluding hydrogens is 1840 g/mol. The Hall–Kier alpha value is -17.8. The van der Waals surface area contributed by atoms with Gasteiger partial charge in [-0.05, 0) is 202 Å². The fourth-order valence-electron chi connectivity index (χ4n) is 16.7. The molecule has 29 nitrogen and oxygen atoms in total. The maximum absolute atomic E-state index is 14.4. The number of carbonyl (C=O) groups is 5. The molecule has 0 fully saturated rings. The van der Waals surface area contributed by atoms with Crippen LogP contribution in [0.5, 0.6) is 0 Å². The van der Waals surface area contributed by atoms with Gasteiger partial charge < -0.3 is 30.6 Å². The molecule has 6 N–H and O–H groups in total. The summed E-state index contributed by atoms with van der Waals surface area (Å²) in [4.78, 5) is 82.3. The summed E-state index contributed by atoms with van der Waals surface area (Å²) in [6, 6.07) is 79.9.